The van der Waals surface area contributed by atoms with Gasteiger partial charge in [0.25, 0.3) is 5.56 Å². The van der Waals surface area contributed by atoms with Gasteiger partial charge in [-0.3, -0.25) is 9.78 Å². The average molecular weight is 228 g/mol. The number of pyridine rings is 2. The highest BCUT2D eigenvalue weighted by atomic mass is 16.1. The van der Waals surface area contributed by atoms with Gasteiger partial charge in [-0.15, -0.1) is 0 Å². The summed E-state index contributed by atoms with van der Waals surface area (Å²) in [6.45, 7) is 4.70. The fourth-order valence-electron chi connectivity index (χ4n) is 2.37. The molecule has 0 aromatic carbocycles. The molecule has 0 bridgehead atoms. The van der Waals surface area contributed by atoms with Gasteiger partial charge in [0.1, 0.15) is 0 Å². The third kappa shape index (κ3) is 1.66. The fourth-order valence-corrected chi connectivity index (χ4v) is 2.37. The molecule has 0 aliphatic heterocycles. The SMILES string of the molecule is CCn1ccc2cc(C)nc(C3CC3)c2c1=O. The van der Waals surface area contributed by atoms with Gasteiger partial charge in [0.15, 0.2) is 0 Å². The molecule has 1 fully saturated rings. The van der Waals surface area contributed by atoms with Crippen molar-refractivity contribution in [2.45, 2.75) is 39.2 Å². The molecular weight excluding hydrogens is 212 g/mol. The Morgan fingerprint density at radius 3 is 2.88 bits per heavy atom. The lowest BCUT2D eigenvalue weighted by molar-refractivity contribution is 0.733. The van der Waals surface area contributed by atoms with Crippen LogP contribution in [0.3, 0.4) is 0 Å². The Kier molecular flexibility index (Phi) is 2.28. The molecule has 0 amide bonds. The highest BCUT2D eigenvalue weighted by Crippen LogP contribution is 2.41. The van der Waals surface area contributed by atoms with Crippen LogP contribution >= 0.6 is 0 Å². The molecule has 0 unspecified atom stereocenters. The zero-order chi connectivity index (χ0) is 12.0. The summed E-state index contributed by atoms with van der Waals surface area (Å²) < 4.78 is 1.76. The molecule has 2 aromatic heterocycles. The van der Waals surface area contributed by atoms with Crippen molar-refractivity contribution < 1.29 is 0 Å². The van der Waals surface area contributed by atoms with E-state index in [1.54, 1.807) is 4.57 Å². The molecule has 0 saturated heterocycles. The topological polar surface area (TPSA) is 34.9 Å². The smallest absolute Gasteiger partial charge is 0.260 e. The largest absolute Gasteiger partial charge is 0.315 e. The molecule has 0 spiro atoms. The van der Waals surface area contributed by atoms with Crippen molar-refractivity contribution in [2.24, 2.45) is 0 Å². The normalized spacial score (nSPS) is 15.4. The molecule has 0 N–H and O–H groups in total. The van der Waals surface area contributed by atoms with Crippen LogP contribution in [0.2, 0.25) is 0 Å². The van der Waals surface area contributed by atoms with Crippen LogP contribution in [0.1, 0.15) is 37.1 Å². The minimum atomic E-state index is 0.111. The van der Waals surface area contributed by atoms with Gasteiger partial charge in [-0.05, 0) is 44.2 Å². The second kappa shape index (κ2) is 3.69. The number of rotatable bonds is 2. The first kappa shape index (κ1) is 10.5. The second-order valence-corrected chi connectivity index (χ2v) is 4.79. The van der Waals surface area contributed by atoms with Crippen molar-refractivity contribution >= 4 is 10.8 Å². The molecule has 0 radical (unpaired) electrons. The second-order valence-electron chi connectivity index (χ2n) is 4.79. The van der Waals surface area contributed by atoms with Gasteiger partial charge >= 0.3 is 0 Å². The first-order valence-electron chi connectivity index (χ1n) is 6.21. The number of fused-ring (bicyclic) bond motifs is 1. The molecule has 0 atom stereocenters. The van der Waals surface area contributed by atoms with Crippen molar-refractivity contribution in [1.29, 1.82) is 0 Å². The van der Waals surface area contributed by atoms with Crippen LogP contribution in [0.5, 0.6) is 0 Å². The van der Waals surface area contributed by atoms with Crippen molar-refractivity contribution in [3.63, 3.8) is 0 Å². The molecule has 3 nitrogen and oxygen atoms in total. The summed E-state index contributed by atoms with van der Waals surface area (Å²) in [7, 11) is 0. The Bertz CT molecular complexity index is 638. The maximum absolute atomic E-state index is 12.3. The summed E-state index contributed by atoms with van der Waals surface area (Å²) in [6.07, 6.45) is 4.22. The summed E-state index contributed by atoms with van der Waals surface area (Å²) in [4.78, 5) is 16.9. The van der Waals surface area contributed by atoms with E-state index in [1.807, 2.05) is 32.2 Å². The van der Waals surface area contributed by atoms with Crippen molar-refractivity contribution in [3.05, 3.63) is 40.1 Å². The van der Waals surface area contributed by atoms with E-state index in [0.717, 1.165) is 22.2 Å². The fraction of sp³-hybridized carbons (Fsp3) is 0.429. The summed E-state index contributed by atoms with van der Waals surface area (Å²) in [5.41, 5.74) is 2.14. The number of hydrogen-bond acceptors (Lipinski definition) is 2. The van der Waals surface area contributed by atoms with E-state index in [4.69, 9.17) is 0 Å². The van der Waals surface area contributed by atoms with Crippen molar-refractivity contribution in [3.8, 4) is 0 Å². The van der Waals surface area contributed by atoms with Crippen LogP contribution in [0.4, 0.5) is 0 Å². The molecule has 1 aliphatic rings. The molecule has 17 heavy (non-hydrogen) atoms. The highest BCUT2D eigenvalue weighted by Gasteiger charge is 2.28. The number of aromatic nitrogens is 2. The predicted octanol–water partition coefficient (Wildman–Crippen LogP) is 2.60. The van der Waals surface area contributed by atoms with Gasteiger partial charge in [0.05, 0.1) is 11.1 Å². The van der Waals surface area contributed by atoms with E-state index in [2.05, 4.69) is 4.98 Å². The Morgan fingerprint density at radius 2 is 2.24 bits per heavy atom. The molecule has 88 valence electrons. The first-order chi connectivity index (χ1) is 8.20. The standard InChI is InChI=1S/C14H16N2O/c1-3-16-7-6-11-8-9(2)15-13(10-4-5-10)12(11)14(16)17/h6-8,10H,3-5H2,1-2H3. The van der Waals surface area contributed by atoms with E-state index in [-0.39, 0.29) is 5.56 Å². The van der Waals surface area contributed by atoms with Gasteiger partial charge in [0.2, 0.25) is 0 Å². The summed E-state index contributed by atoms with van der Waals surface area (Å²) in [5, 5.41) is 1.87. The molecule has 2 heterocycles. The van der Waals surface area contributed by atoms with E-state index in [1.165, 1.54) is 12.8 Å². The summed E-state index contributed by atoms with van der Waals surface area (Å²) >= 11 is 0. The van der Waals surface area contributed by atoms with Crippen LogP contribution in [-0.2, 0) is 6.54 Å². The van der Waals surface area contributed by atoms with Gasteiger partial charge in [0, 0.05) is 24.4 Å². The zero-order valence-corrected chi connectivity index (χ0v) is 10.2. The minimum absolute atomic E-state index is 0.111. The molecule has 1 saturated carbocycles. The third-order valence-electron chi connectivity index (χ3n) is 3.42. The van der Waals surface area contributed by atoms with Gasteiger partial charge in [-0.25, -0.2) is 0 Å². The molecule has 1 aliphatic carbocycles. The quantitative estimate of drug-likeness (QED) is 0.792. The highest BCUT2D eigenvalue weighted by molar-refractivity contribution is 5.84. The molecule has 3 rings (SSSR count). The van der Waals surface area contributed by atoms with E-state index >= 15 is 0 Å². The lowest BCUT2D eigenvalue weighted by Gasteiger charge is -2.08. The van der Waals surface area contributed by atoms with Crippen molar-refractivity contribution in [1.82, 2.24) is 9.55 Å². The Morgan fingerprint density at radius 1 is 1.47 bits per heavy atom. The maximum Gasteiger partial charge on any atom is 0.260 e. The van der Waals surface area contributed by atoms with E-state index in [9.17, 15) is 4.79 Å². The van der Waals surface area contributed by atoms with Crippen LogP contribution in [0, 0.1) is 6.92 Å². The van der Waals surface area contributed by atoms with E-state index < -0.39 is 0 Å². The monoisotopic (exact) mass is 228 g/mol. The van der Waals surface area contributed by atoms with Crippen LogP contribution in [0.15, 0.2) is 23.1 Å². The van der Waals surface area contributed by atoms with Gasteiger partial charge in [-0.2, -0.15) is 0 Å². The van der Waals surface area contributed by atoms with Crippen LogP contribution < -0.4 is 5.56 Å². The Balaban J connectivity index is 2.40. The Labute approximate surface area is 100 Å². The summed E-state index contributed by atoms with van der Waals surface area (Å²) in [5.74, 6) is 0.512. The lowest BCUT2D eigenvalue weighted by atomic mass is 10.1. The lowest BCUT2D eigenvalue weighted by Crippen LogP contribution is -2.20. The number of nitrogens with zero attached hydrogens (tertiary/aromatic N) is 2. The number of hydrogen-bond donors (Lipinski definition) is 0. The minimum Gasteiger partial charge on any atom is -0.315 e. The molecule has 2 aromatic rings. The van der Waals surface area contributed by atoms with Gasteiger partial charge in [-0.1, -0.05) is 0 Å². The molecule has 3 heteroatoms. The average Bonchev–Trinajstić information content (AvgIpc) is 3.12. The summed E-state index contributed by atoms with van der Waals surface area (Å²) in [6, 6.07) is 4.03. The first-order valence-corrected chi connectivity index (χ1v) is 6.21. The molecular formula is C14H16N2O. The Hall–Kier alpha value is -1.64. The number of aryl methyl sites for hydroxylation is 2. The van der Waals surface area contributed by atoms with Crippen molar-refractivity contribution in [2.75, 3.05) is 0 Å². The third-order valence-corrected chi connectivity index (χ3v) is 3.42. The van der Waals surface area contributed by atoms with Gasteiger partial charge < -0.3 is 4.57 Å². The predicted molar refractivity (Wildman–Crippen MR) is 68.4 cm³/mol. The van der Waals surface area contributed by atoms with E-state index in [0.29, 0.717) is 12.5 Å². The van der Waals surface area contributed by atoms with Crippen LogP contribution in [0.25, 0.3) is 10.8 Å². The van der Waals surface area contributed by atoms with Crippen LogP contribution in [-0.4, -0.2) is 9.55 Å². The maximum atomic E-state index is 12.3. The zero-order valence-electron chi connectivity index (χ0n) is 10.2.